The second-order valence-electron chi connectivity index (χ2n) is 5.48. The summed E-state index contributed by atoms with van der Waals surface area (Å²) in [5.74, 6) is -0.775. The van der Waals surface area contributed by atoms with E-state index in [1.807, 2.05) is 6.07 Å². The van der Waals surface area contributed by atoms with Crippen LogP contribution in [0.25, 0.3) is 0 Å². The molecule has 24 heavy (non-hydrogen) atoms. The van der Waals surface area contributed by atoms with Crippen molar-refractivity contribution in [3.8, 4) is 0 Å². The first-order chi connectivity index (χ1) is 11.5. The molecule has 1 aliphatic carbocycles. The lowest BCUT2D eigenvalue weighted by Crippen LogP contribution is -2.25. The van der Waals surface area contributed by atoms with Crippen molar-refractivity contribution >= 4 is 21.5 Å². The molecular formula is C16H12N4O3S. The first kappa shape index (κ1) is 14.7. The Kier molecular flexibility index (Phi) is 3.12. The van der Waals surface area contributed by atoms with Crippen molar-refractivity contribution in [2.75, 3.05) is 5.73 Å². The summed E-state index contributed by atoms with van der Waals surface area (Å²) < 4.78 is 34.1. The summed E-state index contributed by atoms with van der Waals surface area (Å²) in [6.45, 7) is 0. The quantitative estimate of drug-likeness (QED) is 0.645. The minimum absolute atomic E-state index is 0.0597. The van der Waals surface area contributed by atoms with E-state index in [4.69, 9.17) is 5.73 Å². The van der Waals surface area contributed by atoms with Crippen LogP contribution >= 0.6 is 0 Å². The molecule has 0 saturated heterocycles. The maximum absolute atomic E-state index is 12.1. The average molecular weight is 340 g/mol. The van der Waals surface area contributed by atoms with Gasteiger partial charge in [0.05, 0.1) is 5.92 Å². The van der Waals surface area contributed by atoms with Gasteiger partial charge in [-0.05, 0) is 22.4 Å². The summed E-state index contributed by atoms with van der Waals surface area (Å²) in [5, 5.41) is 11.3. The number of rotatable bonds is 2. The molecule has 0 aromatic heterocycles. The number of benzene rings is 2. The fourth-order valence-corrected chi connectivity index (χ4v) is 4.10. The molecule has 2 aromatic carbocycles. The predicted molar refractivity (Wildman–Crippen MR) is 89.1 cm³/mol. The third kappa shape index (κ3) is 2.08. The van der Waals surface area contributed by atoms with E-state index in [-0.39, 0.29) is 10.6 Å². The smallest absolute Gasteiger partial charge is 0.293 e. The van der Waals surface area contributed by atoms with Gasteiger partial charge in [-0.3, -0.25) is 4.55 Å². The molecule has 0 amide bonds. The zero-order valence-electron chi connectivity index (χ0n) is 12.3. The number of hydrogen-bond donors (Lipinski definition) is 2. The molecule has 4 rings (SSSR count). The molecule has 8 heteroatoms. The number of anilines is 1. The molecule has 1 unspecified atom stereocenters. The van der Waals surface area contributed by atoms with E-state index in [9.17, 15) is 13.0 Å². The van der Waals surface area contributed by atoms with Crippen molar-refractivity contribution in [3.63, 3.8) is 0 Å². The summed E-state index contributed by atoms with van der Waals surface area (Å²) in [5.41, 5.74) is 8.83. The van der Waals surface area contributed by atoms with Crippen molar-refractivity contribution in [1.29, 1.82) is 0 Å². The van der Waals surface area contributed by atoms with Crippen LogP contribution in [-0.4, -0.2) is 18.7 Å². The molecule has 0 fully saturated rings. The summed E-state index contributed by atoms with van der Waals surface area (Å²) in [7, 11) is -4.55. The lowest BCUT2D eigenvalue weighted by Gasteiger charge is -2.28. The zero-order valence-corrected chi connectivity index (χ0v) is 13.1. The Hall–Kier alpha value is -2.84. The van der Waals surface area contributed by atoms with Crippen molar-refractivity contribution in [2.24, 2.45) is 15.4 Å². The highest BCUT2D eigenvalue weighted by atomic mass is 32.2. The van der Waals surface area contributed by atoms with Crippen LogP contribution in [0.2, 0.25) is 0 Å². The van der Waals surface area contributed by atoms with E-state index >= 15 is 0 Å². The molecule has 0 radical (unpaired) electrons. The number of nitrogens with two attached hydrogens (primary N) is 1. The molecule has 2 aromatic rings. The van der Waals surface area contributed by atoms with Crippen molar-refractivity contribution in [2.45, 2.75) is 5.92 Å². The molecule has 7 nitrogen and oxygen atoms in total. The normalized spacial score (nSPS) is 19.0. The Labute approximate surface area is 138 Å². The summed E-state index contributed by atoms with van der Waals surface area (Å²) in [6.07, 6.45) is 0. The molecule has 3 N–H and O–H groups in total. The topological polar surface area (TPSA) is 117 Å². The molecule has 0 saturated carbocycles. The minimum atomic E-state index is -4.55. The SMILES string of the molecule is Nc1cccc2c1C(c1ccccc1)C(S(=O)(=O)O)=C1N=NN=C12. The predicted octanol–water partition coefficient (Wildman–Crippen LogP) is 2.68. The summed E-state index contributed by atoms with van der Waals surface area (Å²) in [4.78, 5) is -0.251. The minimum Gasteiger partial charge on any atom is -0.398 e. The van der Waals surface area contributed by atoms with Gasteiger partial charge in [0.1, 0.15) is 16.3 Å². The van der Waals surface area contributed by atoms with Gasteiger partial charge >= 0.3 is 0 Å². The number of fused-ring (bicyclic) bond motifs is 3. The van der Waals surface area contributed by atoms with Gasteiger partial charge in [0.2, 0.25) is 0 Å². The highest BCUT2D eigenvalue weighted by molar-refractivity contribution is 7.90. The van der Waals surface area contributed by atoms with Crippen LogP contribution in [0.5, 0.6) is 0 Å². The Balaban J connectivity index is 2.14. The largest absolute Gasteiger partial charge is 0.398 e. The lowest BCUT2D eigenvalue weighted by atomic mass is 9.80. The number of allylic oxidation sites excluding steroid dienone is 2. The van der Waals surface area contributed by atoms with Crippen LogP contribution in [0.3, 0.4) is 0 Å². The number of hydrogen-bond acceptors (Lipinski definition) is 6. The average Bonchev–Trinajstić information content (AvgIpc) is 3.03. The third-order valence-electron chi connectivity index (χ3n) is 4.10. The van der Waals surface area contributed by atoms with Crippen LogP contribution in [0, 0.1) is 0 Å². The van der Waals surface area contributed by atoms with E-state index < -0.39 is 16.0 Å². The van der Waals surface area contributed by atoms with Gasteiger partial charge in [0.15, 0.2) is 0 Å². The fraction of sp³-hybridized carbons (Fsp3) is 0.0625. The summed E-state index contributed by atoms with van der Waals surface area (Å²) in [6, 6.07) is 14.2. The Morgan fingerprint density at radius 3 is 2.50 bits per heavy atom. The molecule has 1 aliphatic heterocycles. The first-order valence-electron chi connectivity index (χ1n) is 7.13. The van der Waals surface area contributed by atoms with Gasteiger partial charge in [-0.2, -0.15) is 8.42 Å². The Bertz CT molecular complexity index is 1040. The van der Waals surface area contributed by atoms with E-state index in [2.05, 4.69) is 15.4 Å². The van der Waals surface area contributed by atoms with E-state index in [0.717, 1.165) is 0 Å². The molecule has 1 heterocycles. The Morgan fingerprint density at radius 1 is 1.04 bits per heavy atom. The van der Waals surface area contributed by atoms with Gasteiger partial charge in [-0.25, -0.2) is 0 Å². The van der Waals surface area contributed by atoms with Crippen LogP contribution in [-0.2, 0) is 10.1 Å². The van der Waals surface area contributed by atoms with Crippen LogP contribution in [0.4, 0.5) is 5.69 Å². The van der Waals surface area contributed by atoms with Crippen molar-refractivity contribution < 1.29 is 13.0 Å². The zero-order chi connectivity index (χ0) is 16.9. The molecule has 120 valence electrons. The highest BCUT2D eigenvalue weighted by Gasteiger charge is 2.41. The number of nitrogens with zero attached hydrogens (tertiary/aromatic N) is 3. The number of nitrogen functional groups attached to an aromatic ring is 1. The van der Waals surface area contributed by atoms with Crippen molar-refractivity contribution in [3.05, 3.63) is 75.8 Å². The van der Waals surface area contributed by atoms with Gasteiger partial charge in [-0.15, -0.1) is 10.2 Å². The molecule has 2 aliphatic rings. The second kappa shape index (κ2) is 5.08. The second-order valence-corrected chi connectivity index (χ2v) is 6.87. The van der Waals surface area contributed by atoms with Crippen LogP contribution in [0.1, 0.15) is 22.6 Å². The van der Waals surface area contributed by atoms with Gasteiger partial charge in [0.25, 0.3) is 10.1 Å². The molecule has 1 atom stereocenters. The van der Waals surface area contributed by atoms with E-state index in [1.165, 1.54) is 0 Å². The van der Waals surface area contributed by atoms with E-state index in [1.54, 1.807) is 42.5 Å². The van der Waals surface area contributed by atoms with Gasteiger partial charge in [0, 0.05) is 11.3 Å². The first-order valence-corrected chi connectivity index (χ1v) is 8.57. The molecular weight excluding hydrogens is 328 g/mol. The molecule has 0 bridgehead atoms. The maximum Gasteiger partial charge on any atom is 0.293 e. The monoisotopic (exact) mass is 340 g/mol. The van der Waals surface area contributed by atoms with E-state index in [0.29, 0.717) is 28.1 Å². The highest BCUT2D eigenvalue weighted by Crippen LogP contribution is 2.46. The van der Waals surface area contributed by atoms with Gasteiger partial charge in [-0.1, -0.05) is 42.5 Å². The standard InChI is InChI=1S/C16H12N4O3S/c17-11-8-4-7-10-13(11)12(9-5-2-1-3-6-9)16(24(21,22)23)15-14(10)18-20-19-15/h1-8,12H,17H2,(H,21,22,23). The fourth-order valence-electron chi connectivity index (χ4n) is 3.17. The Morgan fingerprint density at radius 2 is 1.79 bits per heavy atom. The molecule has 0 spiro atoms. The van der Waals surface area contributed by atoms with Crippen LogP contribution < -0.4 is 5.73 Å². The third-order valence-corrected chi connectivity index (χ3v) is 5.09. The van der Waals surface area contributed by atoms with Crippen LogP contribution in [0.15, 0.2) is 74.6 Å². The van der Waals surface area contributed by atoms with Gasteiger partial charge < -0.3 is 5.73 Å². The summed E-state index contributed by atoms with van der Waals surface area (Å²) >= 11 is 0. The maximum atomic E-state index is 12.1. The lowest BCUT2D eigenvalue weighted by molar-refractivity contribution is 0.488. The van der Waals surface area contributed by atoms with Crippen molar-refractivity contribution in [1.82, 2.24) is 0 Å².